The SMILES string of the molecule is Oc1cccc2ccc[c-]c12.[Re]. The van der Waals surface area contributed by atoms with E-state index in [1.54, 1.807) is 12.1 Å². The molecule has 0 saturated carbocycles. The molecule has 0 fully saturated rings. The van der Waals surface area contributed by atoms with Crippen LogP contribution in [0.2, 0.25) is 0 Å². The van der Waals surface area contributed by atoms with Crippen molar-refractivity contribution in [2.45, 2.75) is 0 Å². The summed E-state index contributed by atoms with van der Waals surface area (Å²) in [7, 11) is 0. The molecule has 2 aromatic carbocycles. The van der Waals surface area contributed by atoms with Crippen molar-refractivity contribution >= 4 is 10.8 Å². The maximum Gasteiger partial charge on any atom is 0.0396 e. The van der Waals surface area contributed by atoms with Crippen molar-refractivity contribution in [1.82, 2.24) is 0 Å². The molecule has 0 aromatic heterocycles. The minimum absolute atomic E-state index is 0. The third-order valence-electron chi connectivity index (χ3n) is 1.67. The van der Waals surface area contributed by atoms with Gasteiger partial charge in [-0.05, 0) is 0 Å². The predicted octanol–water partition coefficient (Wildman–Crippen LogP) is 2.34. The Kier molecular flexibility index (Phi) is 2.86. The van der Waals surface area contributed by atoms with Gasteiger partial charge in [-0.25, -0.2) is 0 Å². The summed E-state index contributed by atoms with van der Waals surface area (Å²) >= 11 is 0. The first-order valence-corrected chi connectivity index (χ1v) is 3.46. The van der Waals surface area contributed by atoms with Gasteiger partial charge in [0.15, 0.2) is 0 Å². The Morgan fingerprint density at radius 3 is 2.58 bits per heavy atom. The fraction of sp³-hybridized carbons (Fsp3) is 0. The summed E-state index contributed by atoms with van der Waals surface area (Å²) in [5.41, 5.74) is 0. The van der Waals surface area contributed by atoms with E-state index in [1.807, 2.05) is 24.3 Å². The van der Waals surface area contributed by atoms with E-state index >= 15 is 0 Å². The van der Waals surface area contributed by atoms with Gasteiger partial charge >= 0.3 is 0 Å². The molecule has 0 aliphatic carbocycles. The topological polar surface area (TPSA) is 20.2 Å². The average molecular weight is 329 g/mol. The summed E-state index contributed by atoms with van der Waals surface area (Å²) in [6, 6.07) is 14.1. The quantitative estimate of drug-likeness (QED) is 0.736. The Balaban J connectivity index is 0.000000720. The summed E-state index contributed by atoms with van der Waals surface area (Å²) in [6.07, 6.45) is 0. The van der Waals surface area contributed by atoms with Crippen LogP contribution >= 0.6 is 0 Å². The third kappa shape index (κ3) is 1.50. The predicted molar refractivity (Wildman–Crippen MR) is 44.4 cm³/mol. The molecule has 0 saturated heterocycles. The first kappa shape index (κ1) is 9.25. The second-order valence-electron chi connectivity index (χ2n) is 2.41. The Morgan fingerprint density at radius 1 is 1.08 bits per heavy atom. The largest absolute Gasteiger partial charge is 0.551 e. The molecule has 0 aliphatic heterocycles. The number of aromatic hydroxyl groups is 1. The van der Waals surface area contributed by atoms with Gasteiger partial charge in [0.1, 0.15) is 0 Å². The fourth-order valence-electron chi connectivity index (χ4n) is 1.14. The second-order valence-corrected chi connectivity index (χ2v) is 2.41. The van der Waals surface area contributed by atoms with Crippen LogP contribution in [0, 0.1) is 6.07 Å². The summed E-state index contributed by atoms with van der Waals surface area (Å²) in [4.78, 5) is 0. The fourth-order valence-corrected chi connectivity index (χ4v) is 1.14. The second kappa shape index (κ2) is 3.71. The number of rotatable bonds is 0. The van der Waals surface area contributed by atoms with Gasteiger partial charge in [-0.2, -0.15) is 0 Å². The maximum absolute atomic E-state index is 9.34. The van der Waals surface area contributed by atoms with Crippen LogP contribution in [0.4, 0.5) is 0 Å². The Morgan fingerprint density at radius 2 is 1.83 bits per heavy atom. The van der Waals surface area contributed by atoms with Gasteiger partial charge in [-0.1, -0.05) is 18.2 Å². The van der Waals surface area contributed by atoms with E-state index in [1.165, 1.54) is 0 Å². The van der Waals surface area contributed by atoms with E-state index in [0.29, 0.717) is 5.75 Å². The molecule has 1 nitrogen and oxygen atoms in total. The van der Waals surface area contributed by atoms with Crippen molar-refractivity contribution < 1.29 is 25.5 Å². The zero-order chi connectivity index (χ0) is 7.68. The molecule has 2 aromatic rings. The number of phenols is 1. The van der Waals surface area contributed by atoms with Gasteiger partial charge in [-0.15, -0.1) is 35.0 Å². The van der Waals surface area contributed by atoms with Crippen LogP contribution in [0.15, 0.2) is 36.4 Å². The van der Waals surface area contributed by atoms with Crippen molar-refractivity contribution in [3.63, 3.8) is 0 Å². The number of hydrogen-bond acceptors (Lipinski definition) is 1. The van der Waals surface area contributed by atoms with Crippen molar-refractivity contribution in [3.8, 4) is 5.75 Å². The van der Waals surface area contributed by atoms with Gasteiger partial charge in [0, 0.05) is 26.2 Å². The smallest absolute Gasteiger partial charge is 0.0396 e. The molecule has 1 N–H and O–H groups in total. The first-order valence-electron chi connectivity index (χ1n) is 3.46. The van der Waals surface area contributed by atoms with Crippen LogP contribution in [0.25, 0.3) is 10.8 Å². The Hall–Kier alpha value is -0.838. The number of benzene rings is 2. The van der Waals surface area contributed by atoms with Crippen LogP contribution < -0.4 is 0 Å². The van der Waals surface area contributed by atoms with Crippen LogP contribution in [0.5, 0.6) is 5.75 Å². The Labute approximate surface area is 84.7 Å². The van der Waals surface area contributed by atoms with Crippen LogP contribution in [-0.2, 0) is 20.4 Å². The van der Waals surface area contributed by atoms with Gasteiger partial charge in [0.25, 0.3) is 0 Å². The molecule has 0 atom stereocenters. The molecule has 0 spiro atoms. The molecular weight excluding hydrogens is 322 g/mol. The molecule has 0 amide bonds. The van der Waals surface area contributed by atoms with Gasteiger partial charge in [-0.3, -0.25) is 0 Å². The molecule has 12 heavy (non-hydrogen) atoms. The van der Waals surface area contributed by atoms with Crippen LogP contribution in [0.1, 0.15) is 0 Å². The Bertz CT molecular complexity index is 379. The molecular formula is C10H7ORe-. The van der Waals surface area contributed by atoms with E-state index in [4.69, 9.17) is 0 Å². The van der Waals surface area contributed by atoms with Crippen molar-refractivity contribution in [1.29, 1.82) is 0 Å². The summed E-state index contributed by atoms with van der Waals surface area (Å²) in [5, 5.41) is 11.1. The third-order valence-corrected chi connectivity index (χ3v) is 1.67. The molecule has 2 heteroatoms. The molecule has 1 radical (unpaired) electrons. The van der Waals surface area contributed by atoms with E-state index < -0.39 is 0 Å². The molecule has 0 heterocycles. The average Bonchev–Trinajstić information content (AvgIpc) is 2.06. The summed E-state index contributed by atoms with van der Waals surface area (Å²) < 4.78 is 0. The standard InChI is InChI=1S/C10H7O.Re/c11-10-7-3-5-8-4-1-2-6-9(8)10;/h1-5,7,11H;/q-1;. The van der Waals surface area contributed by atoms with Gasteiger partial charge < -0.3 is 5.11 Å². The molecule has 0 unspecified atom stereocenters. The van der Waals surface area contributed by atoms with E-state index in [2.05, 4.69) is 6.07 Å². The first-order chi connectivity index (χ1) is 5.38. The van der Waals surface area contributed by atoms with Gasteiger partial charge in [0.05, 0.1) is 0 Å². The van der Waals surface area contributed by atoms with E-state index in [9.17, 15) is 5.11 Å². The maximum atomic E-state index is 9.34. The van der Waals surface area contributed by atoms with E-state index in [-0.39, 0.29) is 20.4 Å². The summed E-state index contributed by atoms with van der Waals surface area (Å²) in [6.45, 7) is 0. The normalized spacial score (nSPS) is 9.33. The molecule has 0 bridgehead atoms. The van der Waals surface area contributed by atoms with E-state index in [0.717, 1.165) is 10.8 Å². The van der Waals surface area contributed by atoms with Crippen molar-refractivity contribution in [3.05, 3.63) is 42.5 Å². The monoisotopic (exact) mass is 330 g/mol. The van der Waals surface area contributed by atoms with Crippen LogP contribution in [0.3, 0.4) is 0 Å². The number of fused-ring (bicyclic) bond motifs is 1. The van der Waals surface area contributed by atoms with Crippen LogP contribution in [-0.4, -0.2) is 5.11 Å². The number of phenolic OH excluding ortho intramolecular Hbond substituents is 1. The van der Waals surface area contributed by atoms with Crippen molar-refractivity contribution in [2.75, 3.05) is 0 Å². The molecule has 61 valence electrons. The number of hydrogen-bond donors (Lipinski definition) is 1. The minimum atomic E-state index is 0. The van der Waals surface area contributed by atoms with Gasteiger partial charge in [0.2, 0.25) is 0 Å². The van der Waals surface area contributed by atoms with Crippen molar-refractivity contribution in [2.24, 2.45) is 0 Å². The zero-order valence-electron chi connectivity index (χ0n) is 6.29. The molecule has 2 rings (SSSR count). The summed E-state index contributed by atoms with van der Waals surface area (Å²) in [5.74, 6) is 0.295. The molecule has 0 aliphatic rings. The minimum Gasteiger partial charge on any atom is -0.551 e. The zero-order valence-corrected chi connectivity index (χ0v) is 9.01.